The molecule has 1 aromatic rings. The van der Waals surface area contributed by atoms with Crippen LogP contribution in [0.5, 0.6) is 0 Å². The van der Waals surface area contributed by atoms with E-state index in [0.29, 0.717) is 5.88 Å². The summed E-state index contributed by atoms with van der Waals surface area (Å²) < 4.78 is 1.76. The van der Waals surface area contributed by atoms with Gasteiger partial charge in [-0.05, 0) is 13.3 Å². The van der Waals surface area contributed by atoms with Gasteiger partial charge < -0.3 is 4.57 Å². The van der Waals surface area contributed by atoms with Crippen LogP contribution in [-0.2, 0) is 6.54 Å². The SMILES string of the molecule is Cc1csc(=O)n1CCCCl. The molecule has 0 amide bonds. The van der Waals surface area contributed by atoms with Gasteiger partial charge in [0, 0.05) is 23.5 Å². The normalized spacial score (nSPS) is 10.4. The highest BCUT2D eigenvalue weighted by molar-refractivity contribution is 7.07. The third-order valence-corrected chi connectivity index (χ3v) is 2.64. The minimum atomic E-state index is 0.118. The van der Waals surface area contributed by atoms with E-state index in [1.54, 1.807) is 4.57 Å². The minimum absolute atomic E-state index is 0.118. The monoisotopic (exact) mass is 191 g/mol. The maximum Gasteiger partial charge on any atom is 0.307 e. The van der Waals surface area contributed by atoms with Gasteiger partial charge in [0.25, 0.3) is 0 Å². The van der Waals surface area contributed by atoms with Crippen LogP contribution in [0.4, 0.5) is 0 Å². The first kappa shape index (κ1) is 8.81. The second-order valence-corrected chi connectivity index (χ2v) is 3.54. The van der Waals surface area contributed by atoms with Crippen molar-refractivity contribution in [2.75, 3.05) is 5.88 Å². The van der Waals surface area contributed by atoms with Gasteiger partial charge in [-0.15, -0.1) is 11.6 Å². The Labute approximate surface area is 74.4 Å². The molecule has 0 fully saturated rings. The molecule has 0 saturated carbocycles. The van der Waals surface area contributed by atoms with Crippen LogP contribution in [0.2, 0.25) is 0 Å². The fraction of sp³-hybridized carbons (Fsp3) is 0.571. The molecule has 1 heterocycles. The summed E-state index contributed by atoms with van der Waals surface area (Å²) in [4.78, 5) is 11.2. The number of thiazole rings is 1. The number of rotatable bonds is 3. The Kier molecular flexibility index (Phi) is 3.15. The summed E-state index contributed by atoms with van der Waals surface area (Å²) in [7, 11) is 0. The van der Waals surface area contributed by atoms with E-state index >= 15 is 0 Å². The fourth-order valence-electron chi connectivity index (χ4n) is 0.892. The maximum atomic E-state index is 11.1. The molecule has 0 atom stereocenters. The molecule has 0 aliphatic heterocycles. The Morgan fingerprint density at radius 2 is 2.45 bits per heavy atom. The van der Waals surface area contributed by atoms with Crippen molar-refractivity contribution in [3.63, 3.8) is 0 Å². The van der Waals surface area contributed by atoms with E-state index in [1.807, 2.05) is 12.3 Å². The number of nitrogens with zero attached hydrogens (tertiary/aromatic N) is 1. The quantitative estimate of drug-likeness (QED) is 0.669. The summed E-state index contributed by atoms with van der Waals surface area (Å²) in [6.07, 6.45) is 0.860. The zero-order chi connectivity index (χ0) is 8.27. The van der Waals surface area contributed by atoms with Crippen LogP contribution in [0.1, 0.15) is 12.1 Å². The van der Waals surface area contributed by atoms with E-state index in [4.69, 9.17) is 11.6 Å². The first-order valence-corrected chi connectivity index (χ1v) is 4.88. The lowest BCUT2D eigenvalue weighted by atomic mass is 10.4. The van der Waals surface area contributed by atoms with Crippen molar-refractivity contribution in [1.29, 1.82) is 0 Å². The van der Waals surface area contributed by atoms with E-state index in [0.717, 1.165) is 18.7 Å². The molecular formula is C7H10ClNOS. The summed E-state index contributed by atoms with van der Waals surface area (Å²) in [5.41, 5.74) is 1.03. The second kappa shape index (κ2) is 3.93. The molecule has 1 aromatic heterocycles. The fourth-order valence-corrected chi connectivity index (χ4v) is 1.77. The smallest absolute Gasteiger partial charge is 0.303 e. The van der Waals surface area contributed by atoms with Gasteiger partial charge in [-0.1, -0.05) is 11.3 Å². The highest BCUT2D eigenvalue weighted by Crippen LogP contribution is 2.00. The lowest BCUT2D eigenvalue weighted by molar-refractivity contribution is 0.654. The molecule has 0 bridgehead atoms. The van der Waals surface area contributed by atoms with Gasteiger partial charge in [0.15, 0.2) is 0 Å². The summed E-state index contributed by atoms with van der Waals surface area (Å²) in [6, 6.07) is 0. The summed E-state index contributed by atoms with van der Waals surface area (Å²) in [6.45, 7) is 2.68. The third kappa shape index (κ3) is 2.07. The van der Waals surface area contributed by atoms with Crippen LogP contribution in [-0.4, -0.2) is 10.4 Å². The van der Waals surface area contributed by atoms with Crippen LogP contribution < -0.4 is 4.87 Å². The second-order valence-electron chi connectivity index (χ2n) is 2.34. The van der Waals surface area contributed by atoms with Gasteiger partial charge in [0.2, 0.25) is 0 Å². The van der Waals surface area contributed by atoms with Crippen molar-refractivity contribution in [2.24, 2.45) is 0 Å². The Balaban J connectivity index is 2.75. The summed E-state index contributed by atoms with van der Waals surface area (Å²) in [5, 5.41) is 1.87. The zero-order valence-corrected chi connectivity index (χ0v) is 7.91. The lowest BCUT2D eigenvalue weighted by Crippen LogP contribution is -2.14. The predicted molar refractivity (Wildman–Crippen MR) is 48.7 cm³/mol. The number of hydrogen-bond donors (Lipinski definition) is 0. The van der Waals surface area contributed by atoms with Crippen LogP contribution >= 0.6 is 22.9 Å². The van der Waals surface area contributed by atoms with Crippen LogP contribution in [0.15, 0.2) is 10.2 Å². The molecule has 0 spiro atoms. The zero-order valence-electron chi connectivity index (χ0n) is 6.34. The standard InChI is InChI=1S/C7H10ClNOS/c1-6-5-11-7(10)9(6)4-2-3-8/h5H,2-4H2,1H3. The molecule has 2 nitrogen and oxygen atoms in total. The average Bonchev–Trinajstić information content (AvgIpc) is 2.29. The molecule has 62 valence electrons. The van der Waals surface area contributed by atoms with Crippen molar-refractivity contribution in [3.8, 4) is 0 Å². The van der Waals surface area contributed by atoms with Gasteiger partial charge >= 0.3 is 4.87 Å². The van der Waals surface area contributed by atoms with Gasteiger partial charge in [-0.2, -0.15) is 0 Å². The van der Waals surface area contributed by atoms with Crippen molar-refractivity contribution in [2.45, 2.75) is 19.9 Å². The number of hydrogen-bond acceptors (Lipinski definition) is 2. The Bertz CT molecular complexity index is 278. The highest BCUT2D eigenvalue weighted by atomic mass is 35.5. The molecule has 0 radical (unpaired) electrons. The molecule has 0 aliphatic rings. The first-order chi connectivity index (χ1) is 5.25. The van der Waals surface area contributed by atoms with E-state index in [1.165, 1.54) is 11.3 Å². The molecule has 0 N–H and O–H groups in total. The predicted octanol–water partition coefficient (Wildman–Crippen LogP) is 1.85. The van der Waals surface area contributed by atoms with Crippen LogP contribution in [0, 0.1) is 6.92 Å². The molecule has 0 unspecified atom stereocenters. The minimum Gasteiger partial charge on any atom is -0.303 e. The van der Waals surface area contributed by atoms with E-state index < -0.39 is 0 Å². The van der Waals surface area contributed by atoms with E-state index in [2.05, 4.69) is 0 Å². The molecule has 4 heteroatoms. The number of aromatic nitrogens is 1. The largest absolute Gasteiger partial charge is 0.307 e. The molecule has 1 rings (SSSR count). The van der Waals surface area contributed by atoms with Gasteiger partial charge in [0.1, 0.15) is 0 Å². The third-order valence-electron chi connectivity index (χ3n) is 1.49. The Morgan fingerprint density at radius 1 is 1.73 bits per heavy atom. The highest BCUT2D eigenvalue weighted by Gasteiger charge is 1.99. The van der Waals surface area contributed by atoms with Crippen LogP contribution in [0.25, 0.3) is 0 Å². The Hall–Kier alpha value is -0.280. The number of aryl methyl sites for hydroxylation is 1. The maximum absolute atomic E-state index is 11.1. The first-order valence-electron chi connectivity index (χ1n) is 3.46. The van der Waals surface area contributed by atoms with Crippen molar-refractivity contribution >= 4 is 22.9 Å². The molecule has 0 saturated heterocycles. The van der Waals surface area contributed by atoms with Crippen molar-refractivity contribution in [1.82, 2.24) is 4.57 Å². The number of alkyl halides is 1. The van der Waals surface area contributed by atoms with Gasteiger partial charge in [0.05, 0.1) is 0 Å². The molecule has 0 aliphatic carbocycles. The van der Waals surface area contributed by atoms with E-state index in [9.17, 15) is 4.79 Å². The van der Waals surface area contributed by atoms with Gasteiger partial charge in [-0.3, -0.25) is 4.79 Å². The van der Waals surface area contributed by atoms with E-state index in [-0.39, 0.29) is 4.87 Å². The Morgan fingerprint density at radius 3 is 2.91 bits per heavy atom. The van der Waals surface area contributed by atoms with Gasteiger partial charge in [-0.25, -0.2) is 0 Å². The topological polar surface area (TPSA) is 22.0 Å². The molecule has 11 heavy (non-hydrogen) atoms. The van der Waals surface area contributed by atoms with Crippen molar-refractivity contribution in [3.05, 3.63) is 20.7 Å². The van der Waals surface area contributed by atoms with Crippen LogP contribution in [0.3, 0.4) is 0 Å². The lowest BCUT2D eigenvalue weighted by Gasteiger charge is -2.00. The molecular weight excluding hydrogens is 182 g/mol. The van der Waals surface area contributed by atoms with Crippen molar-refractivity contribution < 1.29 is 0 Å². The summed E-state index contributed by atoms with van der Waals surface area (Å²) in [5.74, 6) is 0.613. The summed E-state index contributed by atoms with van der Waals surface area (Å²) >= 11 is 6.76. The molecule has 0 aromatic carbocycles. The average molecular weight is 192 g/mol. The number of halogens is 1.